The van der Waals surface area contributed by atoms with Crippen LogP contribution >= 0.6 is 11.8 Å². The van der Waals surface area contributed by atoms with Crippen LogP contribution in [0, 0.1) is 18.8 Å². The number of aromatic amines is 1. The molecule has 4 heterocycles. The Kier molecular flexibility index (Phi) is 6.24. The van der Waals surface area contributed by atoms with E-state index in [0.29, 0.717) is 35.2 Å². The molecule has 9 heteroatoms. The number of carbonyl (C=O) groups is 1. The van der Waals surface area contributed by atoms with Gasteiger partial charge in [0.15, 0.2) is 5.65 Å². The lowest BCUT2D eigenvalue weighted by Gasteiger charge is -2.50. The summed E-state index contributed by atoms with van der Waals surface area (Å²) < 4.78 is 0. The molecule has 2 aliphatic heterocycles. The number of rotatable bonds is 8. The van der Waals surface area contributed by atoms with Crippen LogP contribution < -0.4 is 5.32 Å². The zero-order chi connectivity index (χ0) is 20.4. The SMILES string of the molecule is Cc1[nH]nc2ncnc(NCC3CC4CCC3N(C(=O)CSCCN(C)C)C4)c12. The number of thioether (sulfide) groups is 1. The molecule has 8 nitrogen and oxygen atoms in total. The maximum Gasteiger partial charge on any atom is 0.232 e. The molecule has 3 fully saturated rings. The molecule has 5 rings (SSSR count). The van der Waals surface area contributed by atoms with E-state index in [-0.39, 0.29) is 0 Å². The summed E-state index contributed by atoms with van der Waals surface area (Å²) in [6, 6.07) is 0.345. The first-order valence-corrected chi connectivity index (χ1v) is 11.6. The summed E-state index contributed by atoms with van der Waals surface area (Å²) in [6.07, 6.45) is 5.11. The standard InChI is InChI=1S/C20H31N7OS/c1-13-18-19(22-12-23-20(18)25-24-13)21-9-15-8-14-4-5-16(15)27(10-14)17(28)11-29-7-6-26(2)3/h12,14-16H,4-11H2,1-3H3,(H2,21,22,23,24,25). The molecule has 3 unspecified atom stereocenters. The van der Waals surface area contributed by atoms with Crippen molar-refractivity contribution in [2.75, 3.05) is 50.6 Å². The van der Waals surface area contributed by atoms with Gasteiger partial charge in [-0.1, -0.05) is 0 Å². The number of nitrogens with one attached hydrogen (secondary N) is 2. The number of nitrogens with zero attached hydrogens (tertiary/aromatic N) is 5. The Labute approximate surface area is 176 Å². The van der Waals surface area contributed by atoms with Crippen molar-refractivity contribution in [3.63, 3.8) is 0 Å². The second-order valence-corrected chi connectivity index (χ2v) is 9.66. The van der Waals surface area contributed by atoms with Gasteiger partial charge in [-0.25, -0.2) is 9.97 Å². The zero-order valence-corrected chi connectivity index (χ0v) is 18.3. The number of fused-ring (bicyclic) bond motifs is 4. The Morgan fingerprint density at radius 2 is 2.24 bits per heavy atom. The highest BCUT2D eigenvalue weighted by Crippen LogP contribution is 2.39. The highest BCUT2D eigenvalue weighted by atomic mass is 32.2. The van der Waals surface area contributed by atoms with E-state index in [4.69, 9.17) is 0 Å². The second-order valence-electron chi connectivity index (χ2n) is 8.56. The Balaban J connectivity index is 1.37. The third-order valence-electron chi connectivity index (χ3n) is 6.20. The summed E-state index contributed by atoms with van der Waals surface area (Å²) in [6.45, 7) is 4.76. The summed E-state index contributed by atoms with van der Waals surface area (Å²) in [4.78, 5) is 25.9. The van der Waals surface area contributed by atoms with Crippen molar-refractivity contribution in [2.24, 2.45) is 11.8 Å². The molecule has 0 aromatic carbocycles. The molecular weight excluding hydrogens is 386 g/mol. The van der Waals surface area contributed by atoms with E-state index >= 15 is 0 Å². The van der Waals surface area contributed by atoms with Gasteiger partial charge in [0.05, 0.1) is 11.1 Å². The summed E-state index contributed by atoms with van der Waals surface area (Å²) in [5.74, 6) is 3.83. The monoisotopic (exact) mass is 417 g/mol. The molecule has 2 N–H and O–H groups in total. The third kappa shape index (κ3) is 4.50. The number of piperidine rings is 2. The van der Waals surface area contributed by atoms with E-state index in [1.165, 1.54) is 12.8 Å². The highest BCUT2D eigenvalue weighted by Gasteiger charge is 2.42. The molecule has 158 valence electrons. The number of H-pyrrole nitrogens is 1. The average molecular weight is 418 g/mol. The number of aromatic nitrogens is 4. The van der Waals surface area contributed by atoms with E-state index in [1.807, 2.05) is 6.92 Å². The Morgan fingerprint density at radius 1 is 1.38 bits per heavy atom. The van der Waals surface area contributed by atoms with E-state index in [2.05, 4.69) is 49.4 Å². The summed E-state index contributed by atoms with van der Waals surface area (Å²) in [5.41, 5.74) is 1.66. The quantitative estimate of drug-likeness (QED) is 0.635. The van der Waals surface area contributed by atoms with E-state index in [0.717, 1.165) is 48.7 Å². The molecule has 1 saturated carbocycles. The lowest BCUT2D eigenvalue weighted by atomic mass is 9.72. The molecule has 2 bridgehead atoms. The smallest absolute Gasteiger partial charge is 0.232 e. The van der Waals surface area contributed by atoms with Crippen LogP contribution in [0.1, 0.15) is 25.0 Å². The fourth-order valence-electron chi connectivity index (χ4n) is 4.69. The Hall–Kier alpha value is -1.87. The maximum absolute atomic E-state index is 12.9. The van der Waals surface area contributed by atoms with Crippen LogP contribution in [0.5, 0.6) is 0 Å². The van der Waals surface area contributed by atoms with Crippen LogP contribution in [0.2, 0.25) is 0 Å². The normalized spacial score (nSPS) is 23.9. The van der Waals surface area contributed by atoms with Crippen molar-refractivity contribution in [2.45, 2.75) is 32.2 Å². The van der Waals surface area contributed by atoms with Crippen LogP contribution in [0.15, 0.2) is 6.33 Å². The topological polar surface area (TPSA) is 90.0 Å². The number of hydrogen-bond donors (Lipinski definition) is 2. The van der Waals surface area contributed by atoms with Gasteiger partial charge in [0.1, 0.15) is 12.1 Å². The molecule has 29 heavy (non-hydrogen) atoms. The Bertz CT molecular complexity index is 854. The van der Waals surface area contributed by atoms with Crippen molar-refractivity contribution >= 4 is 34.5 Å². The van der Waals surface area contributed by atoms with Gasteiger partial charge in [-0.2, -0.15) is 16.9 Å². The number of hydrogen-bond acceptors (Lipinski definition) is 7. The summed E-state index contributed by atoms with van der Waals surface area (Å²) >= 11 is 1.75. The number of aryl methyl sites for hydroxylation is 1. The molecule has 3 aliphatic rings. The molecule has 2 saturated heterocycles. The van der Waals surface area contributed by atoms with Gasteiger partial charge in [-0.3, -0.25) is 9.89 Å². The van der Waals surface area contributed by atoms with Gasteiger partial charge >= 0.3 is 0 Å². The number of anilines is 1. The first-order chi connectivity index (χ1) is 14.0. The molecule has 2 aromatic rings. The van der Waals surface area contributed by atoms with Gasteiger partial charge in [0.25, 0.3) is 0 Å². The predicted octanol–water partition coefficient (Wildman–Crippen LogP) is 2.00. The minimum atomic E-state index is 0.309. The lowest BCUT2D eigenvalue weighted by Crippen LogP contribution is -2.57. The molecule has 0 spiro atoms. The van der Waals surface area contributed by atoms with E-state index in [9.17, 15) is 4.79 Å². The minimum Gasteiger partial charge on any atom is -0.369 e. The maximum atomic E-state index is 12.9. The molecule has 3 atom stereocenters. The number of carbonyl (C=O) groups excluding carboxylic acids is 1. The fourth-order valence-corrected chi connectivity index (χ4v) is 5.67. The second kappa shape index (κ2) is 8.87. The van der Waals surface area contributed by atoms with Crippen molar-refractivity contribution < 1.29 is 4.79 Å². The van der Waals surface area contributed by atoms with Crippen LogP contribution in [-0.4, -0.2) is 87.1 Å². The van der Waals surface area contributed by atoms with Gasteiger partial charge in [0.2, 0.25) is 5.91 Å². The third-order valence-corrected chi connectivity index (χ3v) is 7.12. The largest absolute Gasteiger partial charge is 0.369 e. The zero-order valence-electron chi connectivity index (χ0n) is 17.5. The van der Waals surface area contributed by atoms with Gasteiger partial charge in [-0.05, 0) is 52.1 Å². The van der Waals surface area contributed by atoms with Crippen molar-refractivity contribution in [1.29, 1.82) is 0 Å². The van der Waals surface area contributed by atoms with E-state index in [1.54, 1.807) is 18.1 Å². The van der Waals surface area contributed by atoms with Gasteiger partial charge in [0, 0.05) is 37.1 Å². The highest BCUT2D eigenvalue weighted by molar-refractivity contribution is 7.99. The van der Waals surface area contributed by atoms with Crippen molar-refractivity contribution in [1.82, 2.24) is 30.0 Å². The van der Waals surface area contributed by atoms with Crippen LogP contribution in [0.4, 0.5) is 5.82 Å². The summed E-state index contributed by atoms with van der Waals surface area (Å²) in [7, 11) is 4.14. The minimum absolute atomic E-state index is 0.309. The van der Waals surface area contributed by atoms with Gasteiger partial charge < -0.3 is 15.1 Å². The molecule has 1 amide bonds. The van der Waals surface area contributed by atoms with Crippen molar-refractivity contribution in [3.8, 4) is 0 Å². The van der Waals surface area contributed by atoms with E-state index < -0.39 is 0 Å². The molecule has 0 radical (unpaired) electrons. The average Bonchev–Trinajstić information content (AvgIpc) is 3.11. The molecule has 1 aliphatic carbocycles. The van der Waals surface area contributed by atoms with Gasteiger partial charge in [-0.15, -0.1) is 0 Å². The first kappa shape index (κ1) is 20.4. The van der Waals surface area contributed by atoms with Crippen molar-refractivity contribution in [3.05, 3.63) is 12.0 Å². The fraction of sp³-hybridized carbons (Fsp3) is 0.700. The molecular formula is C20H31N7OS. The van der Waals surface area contributed by atoms with Crippen LogP contribution in [-0.2, 0) is 4.79 Å². The van der Waals surface area contributed by atoms with Crippen LogP contribution in [0.3, 0.4) is 0 Å². The van der Waals surface area contributed by atoms with Crippen LogP contribution in [0.25, 0.3) is 11.0 Å². The predicted molar refractivity (Wildman–Crippen MR) is 117 cm³/mol. The summed E-state index contributed by atoms with van der Waals surface area (Å²) in [5, 5.41) is 11.7. The lowest BCUT2D eigenvalue weighted by molar-refractivity contribution is -0.138. The Morgan fingerprint density at radius 3 is 3.03 bits per heavy atom. The molecule has 2 aromatic heterocycles. The number of amides is 1. The first-order valence-electron chi connectivity index (χ1n) is 10.4.